The number of aryl methyl sites for hydroxylation is 1. The lowest BCUT2D eigenvalue weighted by Gasteiger charge is -2.32. The van der Waals surface area contributed by atoms with Crippen molar-refractivity contribution in [1.82, 2.24) is 10.2 Å². The first kappa shape index (κ1) is 30.5. The van der Waals surface area contributed by atoms with Crippen LogP contribution in [0.5, 0.6) is 0 Å². The highest BCUT2D eigenvalue weighted by Crippen LogP contribution is 2.31. The Morgan fingerprint density at radius 1 is 0.949 bits per heavy atom. The van der Waals surface area contributed by atoms with Crippen molar-refractivity contribution in [2.75, 3.05) is 17.4 Å². The number of hydrogen-bond acceptors (Lipinski definition) is 4. The molecule has 0 unspecified atom stereocenters. The van der Waals surface area contributed by atoms with E-state index in [1.165, 1.54) is 35.2 Å². The van der Waals surface area contributed by atoms with Gasteiger partial charge in [-0.3, -0.25) is 13.9 Å². The largest absolute Gasteiger partial charge is 0.354 e. The normalized spacial score (nSPS) is 12.0. The summed E-state index contributed by atoms with van der Waals surface area (Å²) < 4.78 is 28.5. The van der Waals surface area contributed by atoms with E-state index in [0.29, 0.717) is 6.54 Å². The molecule has 0 saturated carbocycles. The van der Waals surface area contributed by atoms with E-state index in [1.54, 1.807) is 25.1 Å². The fourth-order valence-corrected chi connectivity index (χ4v) is 5.62. The minimum Gasteiger partial charge on any atom is -0.354 e. The van der Waals surface area contributed by atoms with E-state index in [0.717, 1.165) is 28.3 Å². The summed E-state index contributed by atoms with van der Waals surface area (Å²) >= 11 is 12.3. The van der Waals surface area contributed by atoms with Crippen LogP contribution in [0.2, 0.25) is 10.0 Å². The maximum absolute atomic E-state index is 13.9. The Balaban J connectivity index is 2.00. The van der Waals surface area contributed by atoms with E-state index in [2.05, 4.69) is 5.32 Å². The molecular weight excluding hydrogens is 557 g/mol. The molecule has 3 aromatic carbocycles. The third kappa shape index (κ3) is 7.97. The molecule has 0 aliphatic carbocycles. The van der Waals surface area contributed by atoms with Gasteiger partial charge >= 0.3 is 0 Å². The number of nitrogens with one attached hydrogen (secondary N) is 1. The van der Waals surface area contributed by atoms with E-state index >= 15 is 0 Å². The SMILES string of the molecule is CCCCNC(=O)[C@@H](C)N(Cc1ccc(C)cc1)C(=O)CN(c1ccc(Cl)c(Cl)c1)S(=O)(=O)c1ccccc1. The summed E-state index contributed by atoms with van der Waals surface area (Å²) in [6, 6.07) is 19.0. The number of sulfonamides is 1. The monoisotopic (exact) mass is 589 g/mol. The first-order valence-electron chi connectivity index (χ1n) is 12.7. The first-order chi connectivity index (χ1) is 18.5. The third-order valence-corrected chi connectivity index (χ3v) is 8.80. The summed E-state index contributed by atoms with van der Waals surface area (Å²) in [5.41, 5.74) is 2.05. The van der Waals surface area contributed by atoms with Crippen LogP contribution in [0.4, 0.5) is 5.69 Å². The number of carbonyl (C=O) groups excluding carboxylic acids is 2. The Morgan fingerprint density at radius 2 is 1.62 bits per heavy atom. The molecule has 0 saturated heterocycles. The Hall–Kier alpha value is -3.07. The zero-order valence-electron chi connectivity index (χ0n) is 22.2. The van der Waals surface area contributed by atoms with Crippen LogP contribution in [0.15, 0.2) is 77.7 Å². The summed E-state index contributed by atoms with van der Waals surface area (Å²) in [4.78, 5) is 28.3. The molecule has 0 aliphatic rings. The highest BCUT2D eigenvalue weighted by molar-refractivity contribution is 7.92. The Kier molecular flexibility index (Phi) is 10.8. The number of carbonyl (C=O) groups is 2. The van der Waals surface area contributed by atoms with Crippen LogP contribution >= 0.6 is 23.2 Å². The fraction of sp³-hybridized carbons (Fsp3) is 0.310. The van der Waals surface area contributed by atoms with Crippen molar-refractivity contribution in [1.29, 1.82) is 0 Å². The van der Waals surface area contributed by atoms with Gasteiger partial charge in [-0.05, 0) is 56.2 Å². The molecule has 0 fully saturated rings. The maximum atomic E-state index is 13.9. The van der Waals surface area contributed by atoms with Gasteiger partial charge in [0.15, 0.2) is 0 Å². The Morgan fingerprint density at radius 3 is 2.23 bits per heavy atom. The van der Waals surface area contributed by atoms with Crippen LogP contribution in [0, 0.1) is 6.92 Å². The lowest BCUT2D eigenvalue weighted by atomic mass is 10.1. The summed E-state index contributed by atoms with van der Waals surface area (Å²) in [6.45, 7) is 5.69. The van der Waals surface area contributed by atoms with E-state index in [9.17, 15) is 18.0 Å². The van der Waals surface area contributed by atoms with Crippen LogP contribution < -0.4 is 9.62 Å². The van der Waals surface area contributed by atoms with Crippen molar-refractivity contribution in [2.45, 2.75) is 51.1 Å². The van der Waals surface area contributed by atoms with Crippen molar-refractivity contribution >= 4 is 50.7 Å². The van der Waals surface area contributed by atoms with Gasteiger partial charge in [0, 0.05) is 13.1 Å². The number of amides is 2. The second kappa shape index (κ2) is 13.8. The predicted octanol–water partition coefficient (Wildman–Crippen LogP) is 5.83. The minimum atomic E-state index is -4.17. The zero-order chi connectivity index (χ0) is 28.6. The number of hydrogen-bond donors (Lipinski definition) is 1. The van der Waals surface area contributed by atoms with Gasteiger partial charge in [-0.25, -0.2) is 8.42 Å². The van der Waals surface area contributed by atoms with Crippen LogP contribution in [0.1, 0.15) is 37.8 Å². The molecule has 3 aromatic rings. The van der Waals surface area contributed by atoms with Crippen LogP contribution in [-0.4, -0.2) is 44.3 Å². The molecule has 39 heavy (non-hydrogen) atoms. The third-order valence-electron chi connectivity index (χ3n) is 6.27. The summed E-state index contributed by atoms with van der Waals surface area (Å²) in [5.74, 6) is -0.852. The molecule has 0 aromatic heterocycles. The lowest BCUT2D eigenvalue weighted by Crippen LogP contribution is -2.51. The highest BCUT2D eigenvalue weighted by atomic mass is 35.5. The number of anilines is 1. The molecule has 0 spiro atoms. The first-order valence-corrected chi connectivity index (χ1v) is 14.9. The molecule has 2 amide bonds. The topological polar surface area (TPSA) is 86.8 Å². The van der Waals surface area contributed by atoms with E-state index in [1.807, 2.05) is 38.1 Å². The molecule has 10 heteroatoms. The van der Waals surface area contributed by atoms with Gasteiger partial charge in [-0.15, -0.1) is 0 Å². The molecule has 0 aliphatic heterocycles. The van der Waals surface area contributed by atoms with Gasteiger partial charge in [-0.2, -0.15) is 0 Å². The van der Waals surface area contributed by atoms with E-state index in [-0.39, 0.29) is 33.1 Å². The van der Waals surface area contributed by atoms with Gasteiger partial charge in [0.05, 0.1) is 20.6 Å². The summed E-state index contributed by atoms with van der Waals surface area (Å²) in [7, 11) is -4.17. The smallest absolute Gasteiger partial charge is 0.264 e. The van der Waals surface area contributed by atoms with Gasteiger partial charge in [0.25, 0.3) is 10.0 Å². The number of halogens is 2. The summed E-state index contributed by atoms with van der Waals surface area (Å²) in [6.07, 6.45) is 1.72. The fourth-order valence-electron chi connectivity index (χ4n) is 3.90. The quantitative estimate of drug-likeness (QED) is 0.269. The molecule has 0 radical (unpaired) electrons. The molecule has 0 heterocycles. The Labute approximate surface area is 240 Å². The van der Waals surface area contributed by atoms with Crippen LogP contribution in [-0.2, 0) is 26.2 Å². The minimum absolute atomic E-state index is 0.0133. The van der Waals surface area contributed by atoms with Gasteiger partial charge in [0.1, 0.15) is 12.6 Å². The molecular formula is C29H33Cl2N3O4S. The van der Waals surface area contributed by atoms with Crippen molar-refractivity contribution < 1.29 is 18.0 Å². The molecule has 3 rings (SSSR count). The highest BCUT2D eigenvalue weighted by Gasteiger charge is 2.32. The maximum Gasteiger partial charge on any atom is 0.264 e. The lowest BCUT2D eigenvalue weighted by molar-refractivity contribution is -0.139. The number of rotatable bonds is 12. The standard InChI is InChI=1S/C29H33Cl2N3O4S/c1-4-5-17-32-29(36)22(3)33(19-23-13-11-21(2)12-14-23)28(35)20-34(24-15-16-26(30)27(31)18-24)39(37,38)25-9-7-6-8-10-25/h6-16,18,22H,4-5,17,19-20H2,1-3H3,(H,32,36)/t22-/m1/s1. The average Bonchev–Trinajstić information content (AvgIpc) is 2.93. The van der Waals surface area contributed by atoms with Crippen molar-refractivity contribution in [3.8, 4) is 0 Å². The van der Waals surface area contributed by atoms with Gasteiger partial charge < -0.3 is 10.2 Å². The molecule has 208 valence electrons. The number of benzene rings is 3. The zero-order valence-corrected chi connectivity index (χ0v) is 24.6. The van der Waals surface area contributed by atoms with Gasteiger partial charge in [0.2, 0.25) is 11.8 Å². The number of nitrogens with zero attached hydrogens (tertiary/aromatic N) is 2. The molecule has 1 atom stereocenters. The van der Waals surface area contributed by atoms with Crippen molar-refractivity contribution in [2.24, 2.45) is 0 Å². The second-order valence-electron chi connectivity index (χ2n) is 9.25. The van der Waals surface area contributed by atoms with Gasteiger partial charge in [-0.1, -0.05) is 84.6 Å². The van der Waals surface area contributed by atoms with Crippen molar-refractivity contribution in [3.63, 3.8) is 0 Å². The van der Waals surface area contributed by atoms with Crippen LogP contribution in [0.3, 0.4) is 0 Å². The molecule has 1 N–H and O–H groups in total. The molecule has 0 bridgehead atoms. The number of unbranched alkanes of at least 4 members (excludes halogenated alkanes) is 1. The second-order valence-corrected chi connectivity index (χ2v) is 11.9. The molecule has 7 nitrogen and oxygen atoms in total. The predicted molar refractivity (Wildman–Crippen MR) is 157 cm³/mol. The van der Waals surface area contributed by atoms with Crippen molar-refractivity contribution in [3.05, 3.63) is 94.0 Å². The Bertz CT molecular complexity index is 1380. The summed E-state index contributed by atoms with van der Waals surface area (Å²) in [5, 5.41) is 3.27. The average molecular weight is 591 g/mol. The van der Waals surface area contributed by atoms with Crippen LogP contribution in [0.25, 0.3) is 0 Å². The van der Waals surface area contributed by atoms with E-state index < -0.39 is 28.5 Å². The van der Waals surface area contributed by atoms with E-state index in [4.69, 9.17) is 23.2 Å².